The summed E-state index contributed by atoms with van der Waals surface area (Å²) in [6.45, 7) is 5.10. The van der Waals surface area contributed by atoms with E-state index in [2.05, 4.69) is 31.2 Å². The number of likely N-dealkylation sites (N-methyl/N-ethyl adjacent to an activating group) is 1. The van der Waals surface area contributed by atoms with Crippen molar-refractivity contribution < 1.29 is 4.74 Å². The van der Waals surface area contributed by atoms with E-state index in [0.29, 0.717) is 12.1 Å². The second-order valence-corrected chi connectivity index (χ2v) is 3.78. The van der Waals surface area contributed by atoms with Gasteiger partial charge in [0.1, 0.15) is 0 Å². The molecular weight excluding hydrogens is 152 g/mol. The van der Waals surface area contributed by atoms with E-state index in [9.17, 15) is 0 Å². The van der Waals surface area contributed by atoms with Crippen molar-refractivity contribution in [3.63, 3.8) is 0 Å². The van der Waals surface area contributed by atoms with Gasteiger partial charge in [-0.05, 0) is 27.4 Å². The highest BCUT2D eigenvalue weighted by Crippen LogP contribution is 2.03. The second-order valence-electron chi connectivity index (χ2n) is 3.78. The summed E-state index contributed by atoms with van der Waals surface area (Å²) in [7, 11) is 4.22. The molecule has 3 heteroatoms. The molecule has 0 aromatic carbocycles. The smallest absolute Gasteiger partial charge is 0.0620 e. The fourth-order valence-electron chi connectivity index (χ4n) is 1.22. The number of rotatable bonds is 4. The zero-order valence-electron chi connectivity index (χ0n) is 8.34. The first kappa shape index (κ1) is 9.96. The van der Waals surface area contributed by atoms with Crippen molar-refractivity contribution in [1.82, 2.24) is 10.2 Å². The lowest BCUT2D eigenvalue weighted by atomic mass is 10.2. The largest absolute Gasteiger partial charge is 0.380 e. The summed E-state index contributed by atoms with van der Waals surface area (Å²) < 4.78 is 5.27. The average molecular weight is 172 g/mol. The quantitative estimate of drug-likeness (QED) is 0.661. The Labute approximate surface area is 75.1 Å². The van der Waals surface area contributed by atoms with Crippen LogP contribution in [0.25, 0.3) is 0 Å². The van der Waals surface area contributed by atoms with E-state index in [0.717, 1.165) is 19.8 Å². The Morgan fingerprint density at radius 3 is 2.83 bits per heavy atom. The molecule has 0 saturated carbocycles. The molecule has 12 heavy (non-hydrogen) atoms. The Morgan fingerprint density at radius 1 is 1.58 bits per heavy atom. The molecule has 72 valence electrons. The topological polar surface area (TPSA) is 24.5 Å². The van der Waals surface area contributed by atoms with Gasteiger partial charge in [0.2, 0.25) is 0 Å². The van der Waals surface area contributed by atoms with Gasteiger partial charge in [-0.3, -0.25) is 0 Å². The lowest BCUT2D eigenvalue weighted by Gasteiger charge is -2.21. The van der Waals surface area contributed by atoms with Crippen LogP contribution in [0.4, 0.5) is 0 Å². The molecule has 0 bridgehead atoms. The van der Waals surface area contributed by atoms with Gasteiger partial charge in [0.15, 0.2) is 0 Å². The fourth-order valence-corrected chi connectivity index (χ4v) is 1.22. The van der Waals surface area contributed by atoms with Crippen LogP contribution in [-0.4, -0.2) is 50.8 Å². The molecule has 1 aliphatic heterocycles. The highest BCUT2D eigenvalue weighted by atomic mass is 16.5. The van der Waals surface area contributed by atoms with Crippen molar-refractivity contribution in [2.24, 2.45) is 0 Å². The van der Waals surface area contributed by atoms with Crippen LogP contribution in [0, 0.1) is 0 Å². The van der Waals surface area contributed by atoms with E-state index in [4.69, 9.17) is 4.74 Å². The van der Waals surface area contributed by atoms with Gasteiger partial charge >= 0.3 is 0 Å². The first-order chi connectivity index (χ1) is 5.70. The van der Waals surface area contributed by atoms with E-state index in [1.807, 2.05) is 0 Å². The van der Waals surface area contributed by atoms with E-state index in [1.54, 1.807) is 0 Å². The third-order valence-electron chi connectivity index (χ3n) is 2.51. The van der Waals surface area contributed by atoms with Crippen molar-refractivity contribution in [2.75, 3.05) is 33.9 Å². The minimum absolute atomic E-state index is 0.590. The average Bonchev–Trinajstić information content (AvgIpc) is 2.51. The number of nitrogens with one attached hydrogen (secondary N) is 1. The summed E-state index contributed by atoms with van der Waals surface area (Å²) in [6, 6.07) is 1.19. The fraction of sp³-hybridized carbons (Fsp3) is 1.00. The molecule has 1 rings (SSSR count). The molecule has 1 aliphatic rings. The highest BCUT2D eigenvalue weighted by Gasteiger charge is 2.15. The van der Waals surface area contributed by atoms with Crippen LogP contribution in [0.2, 0.25) is 0 Å². The Hall–Kier alpha value is -0.120. The van der Waals surface area contributed by atoms with Crippen LogP contribution >= 0.6 is 0 Å². The second kappa shape index (κ2) is 4.80. The summed E-state index contributed by atoms with van der Waals surface area (Å²) in [5, 5.41) is 3.50. The van der Waals surface area contributed by atoms with Gasteiger partial charge in [-0.15, -0.1) is 0 Å². The van der Waals surface area contributed by atoms with Crippen molar-refractivity contribution >= 4 is 0 Å². The predicted octanol–water partition coefficient (Wildman–Crippen LogP) is 0.315. The maximum absolute atomic E-state index is 5.27. The Kier molecular flexibility index (Phi) is 3.98. The standard InChI is InChI=1S/C9H20N2O/c1-8(11(2)3)6-10-9-4-5-12-7-9/h8-10H,4-7H2,1-3H3. The molecule has 1 saturated heterocycles. The first-order valence-corrected chi connectivity index (χ1v) is 4.67. The van der Waals surface area contributed by atoms with E-state index >= 15 is 0 Å². The third kappa shape index (κ3) is 3.09. The minimum Gasteiger partial charge on any atom is -0.380 e. The van der Waals surface area contributed by atoms with Gasteiger partial charge in [-0.25, -0.2) is 0 Å². The van der Waals surface area contributed by atoms with Crippen molar-refractivity contribution in [3.05, 3.63) is 0 Å². The lowest BCUT2D eigenvalue weighted by molar-refractivity contribution is 0.188. The van der Waals surface area contributed by atoms with Gasteiger partial charge < -0.3 is 15.0 Å². The summed E-state index contributed by atoms with van der Waals surface area (Å²) in [6.07, 6.45) is 1.17. The summed E-state index contributed by atoms with van der Waals surface area (Å²) >= 11 is 0. The van der Waals surface area contributed by atoms with Crippen LogP contribution in [0.1, 0.15) is 13.3 Å². The van der Waals surface area contributed by atoms with Gasteiger partial charge in [0.25, 0.3) is 0 Å². The normalized spacial score (nSPS) is 26.5. The maximum Gasteiger partial charge on any atom is 0.0620 e. The van der Waals surface area contributed by atoms with E-state index in [1.165, 1.54) is 6.42 Å². The number of ether oxygens (including phenoxy) is 1. The van der Waals surface area contributed by atoms with E-state index in [-0.39, 0.29) is 0 Å². The molecule has 1 N–H and O–H groups in total. The van der Waals surface area contributed by atoms with Crippen LogP contribution in [0.3, 0.4) is 0 Å². The monoisotopic (exact) mass is 172 g/mol. The highest BCUT2D eigenvalue weighted by molar-refractivity contribution is 4.73. The van der Waals surface area contributed by atoms with Gasteiger partial charge in [-0.1, -0.05) is 0 Å². The van der Waals surface area contributed by atoms with Gasteiger partial charge in [-0.2, -0.15) is 0 Å². The first-order valence-electron chi connectivity index (χ1n) is 4.67. The Balaban J connectivity index is 2.07. The van der Waals surface area contributed by atoms with Crippen molar-refractivity contribution in [2.45, 2.75) is 25.4 Å². The molecule has 1 fully saturated rings. The molecule has 0 aliphatic carbocycles. The molecule has 2 unspecified atom stereocenters. The van der Waals surface area contributed by atoms with Gasteiger partial charge in [0, 0.05) is 25.2 Å². The molecule has 0 spiro atoms. The van der Waals surface area contributed by atoms with Gasteiger partial charge in [0.05, 0.1) is 6.61 Å². The minimum atomic E-state index is 0.590. The Bertz CT molecular complexity index is 120. The summed E-state index contributed by atoms with van der Waals surface area (Å²) in [4.78, 5) is 2.23. The molecule has 0 radical (unpaired) electrons. The number of hydrogen-bond acceptors (Lipinski definition) is 3. The summed E-state index contributed by atoms with van der Waals surface area (Å²) in [5.74, 6) is 0. The molecule has 0 amide bonds. The molecule has 2 atom stereocenters. The zero-order chi connectivity index (χ0) is 8.97. The van der Waals surface area contributed by atoms with E-state index < -0.39 is 0 Å². The molecule has 0 aromatic heterocycles. The maximum atomic E-state index is 5.27. The zero-order valence-corrected chi connectivity index (χ0v) is 8.34. The van der Waals surface area contributed by atoms with Crippen LogP contribution in [0.5, 0.6) is 0 Å². The third-order valence-corrected chi connectivity index (χ3v) is 2.51. The molecule has 0 aromatic rings. The van der Waals surface area contributed by atoms with Crippen molar-refractivity contribution in [3.8, 4) is 0 Å². The van der Waals surface area contributed by atoms with Crippen molar-refractivity contribution in [1.29, 1.82) is 0 Å². The molecule has 3 nitrogen and oxygen atoms in total. The molecule has 1 heterocycles. The summed E-state index contributed by atoms with van der Waals surface area (Å²) in [5.41, 5.74) is 0. The number of hydrogen-bond donors (Lipinski definition) is 1. The van der Waals surface area contributed by atoms with Crippen LogP contribution in [0.15, 0.2) is 0 Å². The van der Waals surface area contributed by atoms with Crippen LogP contribution in [-0.2, 0) is 4.74 Å². The Morgan fingerprint density at radius 2 is 2.33 bits per heavy atom. The lowest BCUT2D eigenvalue weighted by Crippen LogP contribution is -2.40. The predicted molar refractivity (Wildman–Crippen MR) is 50.4 cm³/mol. The van der Waals surface area contributed by atoms with Crippen LogP contribution < -0.4 is 5.32 Å². The molecular formula is C9H20N2O. The number of nitrogens with zero attached hydrogens (tertiary/aromatic N) is 1. The SMILES string of the molecule is CC(CNC1CCOC1)N(C)C.